The van der Waals surface area contributed by atoms with E-state index in [-0.39, 0.29) is 23.5 Å². The fraction of sp³-hybridized carbons (Fsp3) is 0.389. The molecular formula is C18H22N4O4S. The third-order valence-corrected chi connectivity index (χ3v) is 6.28. The minimum absolute atomic E-state index is 0.204. The van der Waals surface area contributed by atoms with Crippen LogP contribution in [0.3, 0.4) is 0 Å². The molecule has 3 rings (SSSR count). The number of sulfonamides is 1. The van der Waals surface area contributed by atoms with Crippen LogP contribution in [0.15, 0.2) is 35.4 Å². The van der Waals surface area contributed by atoms with Crippen molar-refractivity contribution < 1.29 is 17.9 Å². The molecule has 0 spiro atoms. The van der Waals surface area contributed by atoms with E-state index in [4.69, 9.17) is 4.74 Å². The molecule has 1 fully saturated rings. The van der Waals surface area contributed by atoms with Gasteiger partial charge >= 0.3 is 0 Å². The Hall–Kier alpha value is -2.52. The fourth-order valence-electron chi connectivity index (χ4n) is 3.04. The Labute approximate surface area is 158 Å². The highest BCUT2D eigenvalue weighted by molar-refractivity contribution is 7.89. The number of hydrogen-bond donors (Lipinski definition) is 1. The first-order valence-electron chi connectivity index (χ1n) is 8.60. The highest BCUT2D eigenvalue weighted by Gasteiger charge is 2.34. The molecule has 0 saturated carbocycles. The second kappa shape index (κ2) is 7.61. The molecule has 1 N–H and O–H groups in total. The van der Waals surface area contributed by atoms with E-state index in [0.29, 0.717) is 35.9 Å². The minimum atomic E-state index is -3.64. The Balaban J connectivity index is 1.73. The Morgan fingerprint density at radius 2 is 2.07 bits per heavy atom. The summed E-state index contributed by atoms with van der Waals surface area (Å²) in [5.41, 5.74) is 1.15. The predicted octanol–water partition coefficient (Wildman–Crippen LogP) is 1.89. The predicted molar refractivity (Wildman–Crippen MR) is 100 cm³/mol. The zero-order chi connectivity index (χ0) is 19.6. The molecular weight excluding hydrogens is 368 g/mol. The van der Waals surface area contributed by atoms with Gasteiger partial charge in [0.2, 0.25) is 21.8 Å². The summed E-state index contributed by atoms with van der Waals surface area (Å²) >= 11 is 0. The fourth-order valence-corrected chi connectivity index (χ4v) is 4.73. The average molecular weight is 390 g/mol. The Bertz CT molecular complexity index is 962. The minimum Gasteiger partial charge on any atom is -0.473 e. The molecule has 1 aliphatic heterocycles. The summed E-state index contributed by atoms with van der Waals surface area (Å²) in [7, 11) is -3.64. The molecule has 1 atom stereocenters. The summed E-state index contributed by atoms with van der Waals surface area (Å²) < 4.78 is 33.2. The van der Waals surface area contributed by atoms with Crippen molar-refractivity contribution in [2.24, 2.45) is 0 Å². The van der Waals surface area contributed by atoms with E-state index in [1.807, 2.05) is 0 Å². The van der Waals surface area contributed by atoms with Crippen LogP contribution in [0.5, 0.6) is 5.88 Å². The number of ether oxygens (including phenoxy) is 1. The van der Waals surface area contributed by atoms with Crippen LogP contribution in [0.4, 0.5) is 5.69 Å². The van der Waals surface area contributed by atoms with Gasteiger partial charge in [-0.3, -0.25) is 4.79 Å². The van der Waals surface area contributed by atoms with Crippen molar-refractivity contribution in [2.75, 3.05) is 18.4 Å². The van der Waals surface area contributed by atoms with E-state index in [0.717, 1.165) is 0 Å². The van der Waals surface area contributed by atoms with Gasteiger partial charge in [0.25, 0.3) is 0 Å². The average Bonchev–Trinajstić information content (AvgIpc) is 3.03. The molecule has 1 amide bonds. The van der Waals surface area contributed by atoms with Crippen molar-refractivity contribution >= 4 is 21.6 Å². The van der Waals surface area contributed by atoms with Crippen LogP contribution in [-0.2, 0) is 14.8 Å². The molecule has 8 nitrogen and oxygen atoms in total. The Morgan fingerprint density at radius 3 is 2.74 bits per heavy atom. The van der Waals surface area contributed by atoms with Crippen LogP contribution in [-0.4, -0.2) is 47.8 Å². The lowest BCUT2D eigenvalue weighted by atomic mass is 10.2. The maximum absolute atomic E-state index is 13.0. The van der Waals surface area contributed by atoms with Crippen LogP contribution in [0.2, 0.25) is 0 Å². The summed E-state index contributed by atoms with van der Waals surface area (Å²) in [6.07, 6.45) is 1.94. The maximum Gasteiger partial charge on any atom is 0.243 e. The Kier molecular flexibility index (Phi) is 5.43. The maximum atomic E-state index is 13.0. The highest BCUT2D eigenvalue weighted by Crippen LogP contribution is 2.27. The number of benzene rings is 1. The van der Waals surface area contributed by atoms with Crippen LogP contribution in [0.25, 0.3) is 0 Å². The third kappa shape index (κ3) is 4.42. The molecule has 27 heavy (non-hydrogen) atoms. The zero-order valence-electron chi connectivity index (χ0n) is 15.5. The van der Waals surface area contributed by atoms with Crippen LogP contribution >= 0.6 is 0 Å². The van der Waals surface area contributed by atoms with Crippen molar-refractivity contribution in [3.63, 3.8) is 0 Å². The van der Waals surface area contributed by atoms with Crippen LogP contribution < -0.4 is 10.1 Å². The number of anilines is 1. The standard InChI is InChI=1S/C18H22N4O4S/c1-12-10-15(21-14(3)23)4-5-17(12)27(24,25)22-9-7-16(11-22)26-18-6-8-19-13(2)20-18/h4-6,8,10,16H,7,9,11H2,1-3H3,(H,21,23)/t16-/m0/s1. The van der Waals surface area contributed by atoms with E-state index < -0.39 is 10.0 Å². The van der Waals surface area contributed by atoms with Gasteiger partial charge in [-0.1, -0.05) is 0 Å². The van der Waals surface area contributed by atoms with Gasteiger partial charge in [-0.15, -0.1) is 0 Å². The summed E-state index contributed by atoms with van der Waals surface area (Å²) in [6, 6.07) is 6.43. The third-order valence-electron chi connectivity index (χ3n) is 4.26. The van der Waals surface area contributed by atoms with Gasteiger partial charge in [0.05, 0.1) is 11.4 Å². The molecule has 1 aromatic carbocycles. The van der Waals surface area contributed by atoms with Gasteiger partial charge < -0.3 is 10.1 Å². The molecule has 1 aliphatic rings. The van der Waals surface area contributed by atoms with E-state index >= 15 is 0 Å². The summed E-state index contributed by atoms with van der Waals surface area (Å²) in [4.78, 5) is 19.6. The van der Waals surface area contributed by atoms with E-state index in [1.165, 1.54) is 17.3 Å². The van der Waals surface area contributed by atoms with E-state index in [1.54, 1.807) is 38.2 Å². The lowest BCUT2D eigenvalue weighted by molar-refractivity contribution is -0.114. The normalized spacial score (nSPS) is 17.7. The molecule has 2 aromatic rings. The van der Waals surface area contributed by atoms with E-state index in [9.17, 15) is 13.2 Å². The molecule has 1 saturated heterocycles. The van der Waals surface area contributed by atoms with Gasteiger partial charge in [-0.2, -0.15) is 9.29 Å². The number of aromatic nitrogens is 2. The smallest absolute Gasteiger partial charge is 0.243 e. The van der Waals surface area contributed by atoms with E-state index in [2.05, 4.69) is 15.3 Å². The molecule has 2 heterocycles. The lowest BCUT2D eigenvalue weighted by Gasteiger charge is -2.19. The van der Waals surface area contributed by atoms with Gasteiger partial charge in [-0.25, -0.2) is 13.4 Å². The van der Waals surface area contributed by atoms with Crippen LogP contribution in [0.1, 0.15) is 24.7 Å². The second-order valence-corrected chi connectivity index (χ2v) is 8.40. The van der Waals surface area contributed by atoms with Crippen molar-refractivity contribution in [1.29, 1.82) is 0 Å². The zero-order valence-corrected chi connectivity index (χ0v) is 16.3. The quantitative estimate of drug-likeness (QED) is 0.837. The number of amides is 1. The van der Waals surface area contributed by atoms with Gasteiger partial charge in [0, 0.05) is 31.4 Å². The largest absolute Gasteiger partial charge is 0.473 e. The molecule has 0 aliphatic carbocycles. The number of nitrogens with zero attached hydrogens (tertiary/aromatic N) is 3. The summed E-state index contributed by atoms with van der Waals surface area (Å²) in [5, 5.41) is 2.65. The molecule has 0 radical (unpaired) electrons. The van der Waals surface area contributed by atoms with Gasteiger partial charge in [0.15, 0.2) is 0 Å². The molecule has 1 aromatic heterocycles. The molecule has 0 unspecified atom stereocenters. The van der Waals surface area contributed by atoms with Gasteiger partial charge in [0.1, 0.15) is 11.9 Å². The monoisotopic (exact) mass is 390 g/mol. The molecule has 0 bridgehead atoms. The molecule has 144 valence electrons. The first kappa shape index (κ1) is 19.2. The topological polar surface area (TPSA) is 101 Å². The Morgan fingerprint density at radius 1 is 1.30 bits per heavy atom. The summed E-state index contributed by atoms with van der Waals surface area (Å²) in [5.74, 6) is 0.844. The van der Waals surface area contributed by atoms with Crippen molar-refractivity contribution in [3.05, 3.63) is 41.9 Å². The number of nitrogens with one attached hydrogen (secondary N) is 1. The first-order valence-corrected chi connectivity index (χ1v) is 10.0. The SMILES string of the molecule is CC(=O)Nc1ccc(S(=O)(=O)N2CC[C@H](Oc3ccnc(C)n3)C2)c(C)c1. The second-order valence-electron chi connectivity index (χ2n) is 6.50. The number of hydrogen-bond acceptors (Lipinski definition) is 6. The van der Waals surface area contributed by atoms with Crippen molar-refractivity contribution in [3.8, 4) is 5.88 Å². The number of aryl methyl sites for hydroxylation is 2. The number of rotatable bonds is 5. The number of carbonyl (C=O) groups excluding carboxylic acids is 1. The lowest BCUT2D eigenvalue weighted by Crippen LogP contribution is -2.31. The van der Waals surface area contributed by atoms with Crippen molar-refractivity contribution in [2.45, 2.75) is 38.2 Å². The van der Waals surface area contributed by atoms with Crippen LogP contribution in [0, 0.1) is 13.8 Å². The molecule has 9 heteroatoms. The highest BCUT2D eigenvalue weighted by atomic mass is 32.2. The number of carbonyl (C=O) groups is 1. The van der Waals surface area contributed by atoms with Crippen molar-refractivity contribution in [1.82, 2.24) is 14.3 Å². The summed E-state index contributed by atoms with van der Waals surface area (Å²) in [6.45, 7) is 5.53. The first-order chi connectivity index (χ1) is 12.8. The van der Waals surface area contributed by atoms with Gasteiger partial charge in [-0.05, 0) is 44.0 Å².